The highest BCUT2D eigenvalue weighted by molar-refractivity contribution is 5.93. The highest BCUT2D eigenvalue weighted by atomic mass is 16.5. The molecule has 0 atom stereocenters. The quantitative estimate of drug-likeness (QED) is 0.258. The lowest BCUT2D eigenvalue weighted by Crippen LogP contribution is -2.37. The molecule has 0 amide bonds. The van der Waals surface area contributed by atoms with Gasteiger partial charge in [0.2, 0.25) is 0 Å². The number of aliphatic imine (C=N–C) groups is 1. The van der Waals surface area contributed by atoms with E-state index in [0.29, 0.717) is 0 Å². The average molecular weight is 447 g/mol. The molecule has 2 N–H and O–H groups in total. The molecule has 0 aromatic heterocycles. The fourth-order valence-electron chi connectivity index (χ4n) is 3.55. The first-order valence-electron chi connectivity index (χ1n) is 12.4. The van der Waals surface area contributed by atoms with Gasteiger partial charge >= 0.3 is 0 Å². The molecule has 0 bridgehead atoms. The molecule has 7 nitrogen and oxygen atoms in total. The average Bonchev–Trinajstić information content (AvgIpc) is 3.62. The topological polar surface area (TPSA) is 67.3 Å². The Morgan fingerprint density at radius 3 is 2.62 bits per heavy atom. The summed E-state index contributed by atoms with van der Waals surface area (Å²) in [4.78, 5) is 7.25. The summed E-state index contributed by atoms with van der Waals surface area (Å²) >= 11 is 0. The van der Waals surface area contributed by atoms with Crippen LogP contribution in [0.2, 0.25) is 0 Å². The van der Waals surface area contributed by atoms with Gasteiger partial charge in [-0.2, -0.15) is 0 Å². The summed E-state index contributed by atoms with van der Waals surface area (Å²) < 4.78 is 16.9. The van der Waals surface area contributed by atoms with E-state index in [1.807, 2.05) is 38.1 Å². The Morgan fingerprint density at radius 2 is 1.91 bits per heavy atom. The second kappa shape index (κ2) is 14.3. The smallest absolute Gasteiger partial charge is 0.195 e. The van der Waals surface area contributed by atoms with Crippen molar-refractivity contribution in [2.75, 3.05) is 64.5 Å². The molecule has 0 spiro atoms. The van der Waals surface area contributed by atoms with Crippen molar-refractivity contribution in [3.05, 3.63) is 24.3 Å². The van der Waals surface area contributed by atoms with Crippen LogP contribution < -0.4 is 15.4 Å². The van der Waals surface area contributed by atoms with E-state index >= 15 is 0 Å². The normalized spacial score (nSPS) is 17.5. The molecule has 3 rings (SSSR count). The predicted molar refractivity (Wildman–Crippen MR) is 131 cm³/mol. The summed E-state index contributed by atoms with van der Waals surface area (Å²) in [6, 6.07) is 8.06. The van der Waals surface area contributed by atoms with Gasteiger partial charge in [0.25, 0.3) is 0 Å². The second-order valence-electron chi connectivity index (χ2n) is 9.01. The third-order valence-electron chi connectivity index (χ3n) is 5.55. The SMILES string of the molecule is CC(C)Oc1ccc(NC(=NCCCOCC2CC2)NCCCCN2CCOCC2)cc1. The third kappa shape index (κ3) is 10.7. The number of guanidine groups is 1. The van der Waals surface area contributed by atoms with Gasteiger partial charge in [0.05, 0.1) is 19.3 Å². The van der Waals surface area contributed by atoms with Crippen LogP contribution in [-0.2, 0) is 9.47 Å². The number of ether oxygens (including phenoxy) is 3. The zero-order chi connectivity index (χ0) is 22.4. The molecular weight excluding hydrogens is 404 g/mol. The number of nitrogens with zero attached hydrogens (tertiary/aromatic N) is 2. The highest BCUT2D eigenvalue weighted by Gasteiger charge is 2.20. The zero-order valence-corrected chi connectivity index (χ0v) is 20.0. The maximum absolute atomic E-state index is 5.74. The molecule has 1 aliphatic heterocycles. The monoisotopic (exact) mass is 446 g/mol. The van der Waals surface area contributed by atoms with Crippen LogP contribution in [0.4, 0.5) is 5.69 Å². The summed E-state index contributed by atoms with van der Waals surface area (Å²) in [7, 11) is 0. The zero-order valence-electron chi connectivity index (χ0n) is 20.0. The van der Waals surface area contributed by atoms with Crippen molar-refractivity contribution in [1.29, 1.82) is 0 Å². The Bertz CT molecular complexity index is 656. The number of anilines is 1. The van der Waals surface area contributed by atoms with Gasteiger partial charge in [-0.3, -0.25) is 9.89 Å². The summed E-state index contributed by atoms with van der Waals surface area (Å²) in [5.41, 5.74) is 1.01. The largest absolute Gasteiger partial charge is 0.491 e. The standard InChI is InChI=1S/C25H42N4O3/c1-21(2)32-24-10-8-23(9-11-24)28-25(27-13-5-17-31-20-22-6-7-22)26-12-3-4-14-29-15-18-30-19-16-29/h8-11,21-22H,3-7,12-20H2,1-2H3,(H2,26,27,28). The molecule has 180 valence electrons. The number of morpholine rings is 1. The molecule has 1 saturated heterocycles. The highest BCUT2D eigenvalue weighted by Crippen LogP contribution is 2.28. The van der Waals surface area contributed by atoms with E-state index in [4.69, 9.17) is 19.2 Å². The van der Waals surface area contributed by atoms with Gasteiger partial charge in [0.15, 0.2) is 5.96 Å². The van der Waals surface area contributed by atoms with Gasteiger partial charge in [-0.05, 0) is 82.7 Å². The molecule has 1 saturated carbocycles. The van der Waals surface area contributed by atoms with Crippen LogP contribution in [0.5, 0.6) is 5.75 Å². The molecule has 0 unspecified atom stereocenters. The first-order chi connectivity index (χ1) is 15.7. The van der Waals surface area contributed by atoms with Crippen molar-refractivity contribution in [3.63, 3.8) is 0 Å². The molecule has 2 fully saturated rings. The summed E-state index contributed by atoms with van der Waals surface area (Å²) in [5, 5.41) is 6.93. The molecular formula is C25H42N4O3. The van der Waals surface area contributed by atoms with Crippen LogP contribution in [0.15, 0.2) is 29.3 Å². The molecule has 1 heterocycles. The van der Waals surface area contributed by atoms with E-state index in [1.54, 1.807) is 0 Å². The van der Waals surface area contributed by atoms with Crippen LogP contribution in [0, 0.1) is 5.92 Å². The Labute approximate surface area is 193 Å². The van der Waals surface area contributed by atoms with Crippen molar-refractivity contribution in [2.45, 2.75) is 52.1 Å². The van der Waals surface area contributed by atoms with E-state index in [9.17, 15) is 0 Å². The predicted octanol–water partition coefficient (Wildman–Crippen LogP) is 3.76. The number of unbranched alkanes of at least 4 members (excludes halogenated alkanes) is 1. The van der Waals surface area contributed by atoms with Crippen molar-refractivity contribution in [2.24, 2.45) is 10.9 Å². The summed E-state index contributed by atoms with van der Waals surface area (Å²) in [5.74, 6) is 2.53. The van der Waals surface area contributed by atoms with E-state index in [2.05, 4.69) is 15.5 Å². The fraction of sp³-hybridized carbons (Fsp3) is 0.720. The number of nitrogens with one attached hydrogen (secondary N) is 2. The minimum Gasteiger partial charge on any atom is -0.491 e. The maximum Gasteiger partial charge on any atom is 0.195 e. The first-order valence-corrected chi connectivity index (χ1v) is 12.4. The van der Waals surface area contributed by atoms with E-state index in [-0.39, 0.29) is 6.10 Å². The molecule has 1 aromatic rings. The Hall–Kier alpha value is -1.83. The van der Waals surface area contributed by atoms with Crippen molar-refractivity contribution < 1.29 is 14.2 Å². The van der Waals surface area contributed by atoms with Gasteiger partial charge in [0, 0.05) is 45.1 Å². The minimum absolute atomic E-state index is 0.173. The van der Waals surface area contributed by atoms with Crippen molar-refractivity contribution in [3.8, 4) is 5.75 Å². The Kier molecular flexibility index (Phi) is 11.1. The van der Waals surface area contributed by atoms with E-state index < -0.39 is 0 Å². The number of rotatable bonds is 14. The van der Waals surface area contributed by atoms with Crippen LogP contribution in [0.25, 0.3) is 0 Å². The van der Waals surface area contributed by atoms with Crippen LogP contribution >= 0.6 is 0 Å². The van der Waals surface area contributed by atoms with Crippen LogP contribution in [-0.4, -0.2) is 76.1 Å². The lowest BCUT2D eigenvalue weighted by atomic mass is 10.2. The van der Waals surface area contributed by atoms with E-state index in [1.165, 1.54) is 19.3 Å². The van der Waals surface area contributed by atoms with Crippen molar-refractivity contribution in [1.82, 2.24) is 10.2 Å². The van der Waals surface area contributed by atoms with Gasteiger partial charge in [-0.25, -0.2) is 0 Å². The van der Waals surface area contributed by atoms with Gasteiger partial charge in [-0.15, -0.1) is 0 Å². The Morgan fingerprint density at radius 1 is 1.12 bits per heavy atom. The van der Waals surface area contributed by atoms with Crippen molar-refractivity contribution >= 4 is 11.6 Å². The van der Waals surface area contributed by atoms with Gasteiger partial charge < -0.3 is 24.8 Å². The lowest BCUT2D eigenvalue weighted by molar-refractivity contribution is 0.0372. The maximum atomic E-state index is 5.74. The number of hydrogen-bond acceptors (Lipinski definition) is 5. The minimum atomic E-state index is 0.173. The molecule has 1 aromatic carbocycles. The van der Waals surface area contributed by atoms with Gasteiger partial charge in [-0.1, -0.05) is 0 Å². The Balaban J connectivity index is 1.40. The molecule has 2 aliphatic rings. The molecule has 0 radical (unpaired) electrons. The molecule has 32 heavy (non-hydrogen) atoms. The molecule has 7 heteroatoms. The fourth-order valence-corrected chi connectivity index (χ4v) is 3.55. The lowest BCUT2D eigenvalue weighted by Gasteiger charge is -2.26. The molecule has 1 aliphatic carbocycles. The van der Waals surface area contributed by atoms with Crippen LogP contribution in [0.1, 0.15) is 46.0 Å². The number of hydrogen-bond donors (Lipinski definition) is 2. The third-order valence-corrected chi connectivity index (χ3v) is 5.55. The number of benzene rings is 1. The van der Waals surface area contributed by atoms with Crippen LogP contribution in [0.3, 0.4) is 0 Å². The van der Waals surface area contributed by atoms with E-state index in [0.717, 1.165) is 95.3 Å². The summed E-state index contributed by atoms with van der Waals surface area (Å²) in [6.45, 7) is 12.4. The first kappa shape index (κ1) is 24.8. The second-order valence-corrected chi connectivity index (χ2v) is 9.01. The summed E-state index contributed by atoms with van der Waals surface area (Å²) in [6.07, 6.45) is 6.08. The van der Waals surface area contributed by atoms with Gasteiger partial charge in [0.1, 0.15) is 5.75 Å².